The maximum atomic E-state index is 6.21. The quantitative estimate of drug-likeness (QED) is 0.926. The predicted molar refractivity (Wildman–Crippen MR) is 96.4 cm³/mol. The van der Waals surface area contributed by atoms with E-state index in [1.165, 1.54) is 10.6 Å². The summed E-state index contributed by atoms with van der Waals surface area (Å²) in [6.45, 7) is 7.59. The molecule has 120 valence electrons. The molecule has 2 aromatic rings. The fourth-order valence-corrected chi connectivity index (χ4v) is 3.78. The summed E-state index contributed by atoms with van der Waals surface area (Å²) in [5.74, 6) is 0. The maximum Gasteiger partial charge on any atom is 0.107 e. The number of halogens is 1. The zero-order valence-electron chi connectivity index (χ0n) is 13.2. The molecule has 0 saturated carbocycles. The molecule has 0 spiro atoms. The highest BCUT2D eigenvalue weighted by molar-refractivity contribution is 7.09. The van der Waals surface area contributed by atoms with Crippen molar-refractivity contribution in [2.45, 2.75) is 32.9 Å². The predicted octanol–water partition coefficient (Wildman–Crippen LogP) is 3.79. The van der Waals surface area contributed by atoms with Crippen LogP contribution in [-0.4, -0.2) is 29.0 Å². The Morgan fingerprint density at radius 2 is 2.05 bits per heavy atom. The first kappa shape index (κ1) is 17.4. The first-order chi connectivity index (χ1) is 10.0. The molecule has 22 heavy (non-hydrogen) atoms. The van der Waals surface area contributed by atoms with Gasteiger partial charge in [0.15, 0.2) is 0 Å². The fraction of sp³-hybridized carbons (Fsp3) is 0.471. The molecule has 1 atom stereocenters. The van der Waals surface area contributed by atoms with Crippen molar-refractivity contribution < 1.29 is 0 Å². The first-order valence-corrected chi connectivity index (χ1v) is 8.40. The molecule has 3 rings (SSSR count). The van der Waals surface area contributed by atoms with Crippen molar-refractivity contribution in [2.24, 2.45) is 11.1 Å². The third kappa shape index (κ3) is 3.87. The lowest BCUT2D eigenvalue weighted by atomic mass is 9.80. The number of aromatic nitrogens is 1. The molecule has 0 radical (unpaired) electrons. The van der Waals surface area contributed by atoms with Crippen LogP contribution in [0, 0.1) is 5.41 Å². The van der Waals surface area contributed by atoms with Crippen LogP contribution < -0.4 is 5.73 Å². The smallest absolute Gasteiger partial charge is 0.107 e. The Balaban J connectivity index is 0.00000176. The summed E-state index contributed by atoms with van der Waals surface area (Å²) in [5, 5.41) is 3.35. The van der Waals surface area contributed by atoms with Gasteiger partial charge in [0, 0.05) is 30.1 Å². The Labute approximate surface area is 143 Å². The number of hydrogen-bond acceptors (Lipinski definition) is 4. The topological polar surface area (TPSA) is 42.2 Å². The summed E-state index contributed by atoms with van der Waals surface area (Å²) in [5.41, 5.74) is 8.68. The molecule has 1 aromatic heterocycles. The summed E-state index contributed by atoms with van der Waals surface area (Å²) in [4.78, 5) is 7.27. The van der Waals surface area contributed by atoms with Crippen molar-refractivity contribution in [2.75, 3.05) is 13.1 Å². The minimum atomic E-state index is 0. The number of nitrogens with zero attached hydrogens (tertiary/aromatic N) is 2. The van der Waals surface area contributed by atoms with Gasteiger partial charge in [0.1, 0.15) is 5.01 Å². The summed E-state index contributed by atoms with van der Waals surface area (Å²) < 4.78 is 0. The largest absolute Gasteiger partial charge is 0.327 e. The molecular weight excluding hydrogens is 314 g/mol. The summed E-state index contributed by atoms with van der Waals surface area (Å²) in [7, 11) is 0. The second-order valence-corrected chi connectivity index (χ2v) is 7.53. The number of likely N-dealkylation sites (tertiary alicyclic amines) is 1. The van der Waals surface area contributed by atoms with Crippen LogP contribution in [0.1, 0.15) is 25.3 Å². The molecule has 0 amide bonds. The standard InChI is InChI=1S/C17H23N3S.ClH/c1-17(2)12-20(9-8-15(17)18)10-16-19-14(11-21-16)13-6-4-3-5-7-13;/h3-7,11,15H,8-10,12,18H2,1-2H3;1H. The molecule has 3 nitrogen and oxygen atoms in total. The van der Waals surface area contributed by atoms with Gasteiger partial charge in [-0.05, 0) is 11.8 Å². The number of rotatable bonds is 3. The van der Waals surface area contributed by atoms with Crippen LogP contribution in [0.4, 0.5) is 0 Å². The van der Waals surface area contributed by atoms with E-state index < -0.39 is 0 Å². The van der Waals surface area contributed by atoms with Crippen molar-refractivity contribution >= 4 is 23.7 Å². The highest BCUT2D eigenvalue weighted by atomic mass is 35.5. The van der Waals surface area contributed by atoms with Crippen LogP contribution in [0.15, 0.2) is 35.7 Å². The molecular formula is C17H24ClN3S. The second kappa shape index (κ2) is 7.09. The molecule has 1 aliphatic heterocycles. The summed E-state index contributed by atoms with van der Waals surface area (Å²) in [6, 6.07) is 10.7. The molecule has 0 bridgehead atoms. The zero-order chi connectivity index (χ0) is 14.9. The number of hydrogen-bond donors (Lipinski definition) is 1. The normalized spacial score (nSPS) is 21.3. The van der Waals surface area contributed by atoms with E-state index >= 15 is 0 Å². The molecule has 1 saturated heterocycles. The second-order valence-electron chi connectivity index (χ2n) is 6.59. The van der Waals surface area contributed by atoms with Crippen LogP contribution in [0.5, 0.6) is 0 Å². The average Bonchev–Trinajstić information content (AvgIpc) is 2.92. The summed E-state index contributed by atoms with van der Waals surface area (Å²) >= 11 is 1.75. The molecule has 2 N–H and O–H groups in total. The SMILES string of the molecule is CC1(C)CN(Cc2nc(-c3ccccc3)cs2)CCC1N.Cl. The monoisotopic (exact) mass is 337 g/mol. The van der Waals surface area contributed by atoms with Crippen molar-refractivity contribution in [3.05, 3.63) is 40.7 Å². The Kier molecular flexibility index (Phi) is 5.61. The molecule has 1 aliphatic rings. The van der Waals surface area contributed by atoms with Gasteiger partial charge in [-0.25, -0.2) is 4.98 Å². The average molecular weight is 338 g/mol. The van der Waals surface area contributed by atoms with Gasteiger partial charge in [0.25, 0.3) is 0 Å². The van der Waals surface area contributed by atoms with Gasteiger partial charge in [0.2, 0.25) is 0 Å². The van der Waals surface area contributed by atoms with Crippen LogP contribution >= 0.6 is 23.7 Å². The van der Waals surface area contributed by atoms with E-state index in [0.717, 1.165) is 31.7 Å². The lowest BCUT2D eigenvalue weighted by Crippen LogP contribution is -2.52. The van der Waals surface area contributed by atoms with Crippen LogP contribution in [0.2, 0.25) is 0 Å². The van der Waals surface area contributed by atoms with E-state index in [-0.39, 0.29) is 17.8 Å². The van der Waals surface area contributed by atoms with Gasteiger partial charge in [-0.3, -0.25) is 4.90 Å². The molecule has 1 aromatic carbocycles. The molecule has 0 aliphatic carbocycles. The Morgan fingerprint density at radius 3 is 2.73 bits per heavy atom. The lowest BCUT2D eigenvalue weighted by molar-refractivity contribution is 0.0898. The molecule has 1 unspecified atom stereocenters. The van der Waals surface area contributed by atoms with Crippen LogP contribution in [0.25, 0.3) is 11.3 Å². The third-order valence-electron chi connectivity index (χ3n) is 4.37. The van der Waals surface area contributed by atoms with Crippen molar-refractivity contribution in [3.8, 4) is 11.3 Å². The van der Waals surface area contributed by atoms with Crippen molar-refractivity contribution in [1.82, 2.24) is 9.88 Å². The van der Waals surface area contributed by atoms with Gasteiger partial charge in [-0.1, -0.05) is 44.2 Å². The van der Waals surface area contributed by atoms with Crippen LogP contribution in [-0.2, 0) is 6.54 Å². The van der Waals surface area contributed by atoms with Gasteiger partial charge in [0.05, 0.1) is 12.2 Å². The lowest BCUT2D eigenvalue weighted by Gasteiger charge is -2.42. The van der Waals surface area contributed by atoms with E-state index in [1.807, 2.05) is 6.07 Å². The number of nitrogens with two attached hydrogens (primary N) is 1. The van der Waals surface area contributed by atoms with Gasteiger partial charge < -0.3 is 5.73 Å². The third-order valence-corrected chi connectivity index (χ3v) is 5.20. The van der Waals surface area contributed by atoms with E-state index in [1.54, 1.807) is 11.3 Å². The molecule has 5 heteroatoms. The van der Waals surface area contributed by atoms with Crippen LogP contribution in [0.3, 0.4) is 0 Å². The molecule has 2 heterocycles. The van der Waals surface area contributed by atoms with E-state index in [0.29, 0.717) is 6.04 Å². The summed E-state index contributed by atoms with van der Waals surface area (Å²) in [6.07, 6.45) is 1.07. The highest BCUT2D eigenvalue weighted by Crippen LogP contribution is 2.29. The molecule has 1 fully saturated rings. The van der Waals surface area contributed by atoms with Gasteiger partial charge in [-0.15, -0.1) is 23.7 Å². The van der Waals surface area contributed by atoms with Gasteiger partial charge in [-0.2, -0.15) is 0 Å². The fourth-order valence-electron chi connectivity index (χ4n) is 2.94. The number of benzene rings is 1. The van der Waals surface area contributed by atoms with E-state index in [9.17, 15) is 0 Å². The number of piperidine rings is 1. The Morgan fingerprint density at radius 1 is 1.32 bits per heavy atom. The zero-order valence-corrected chi connectivity index (χ0v) is 14.8. The van der Waals surface area contributed by atoms with E-state index in [4.69, 9.17) is 10.7 Å². The minimum Gasteiger partial charge on any atom is -0.327 e. The highest BCUT2D eigenvalue weighted by Gasteiger charge is 2.33. The van der Waals surface area contributed by atoms with Gasteiger partial charge >= 0.3 is 0 Å². The van der Waals surface area contributed by atoms with E-state index in [2.05, 4.69) is 48.4 Å². The van der Waals surface area contributed by atoms with Crippen molar-refractivity contribution in [1.29, 1.82) is 0 Å². The van der Waals surface area contributed by atoms with Crippen molar-refractivity contribution in [3.63, 3.8) is 0 Å². The Bertz CT molecular complexity index is 597. The minimum absolute atomic E-state index is 0. The first-order valence-electron chi connectivity index (χ1n) is 7.52. The maximum absolute atomic E-state index is 6.21. The Hall–Kier alpha value is -0.940. The number of thiazole rings is 1.